The molecule has 0 fully saturated rings. The Morgan fingerprint density at radius 3 is 3.00 bits per heavy atom. The smallest absolute Gasteiger partial charge is 0.0482 e. The Hall–Kier alpha value is -0.600. The molecule has 2 N–H and O–H groups in total. The largest absolute Gasteiger partial charge is 0.398 e. The number of nitrogen functional groups attached to an aromatic ring is 1. The number of nitrogens with two attached hydrogens (primary N) is 1. The van der Waals surface area contributed by atoms with Gasteiger partial charge in [-0.2, -0.15) is 0 Å². The maximum atomic E-state index is 5.89. The maximum absolute atomic E-state index is 5.89. The minimum absolute atomic E-state index is 0.858. The number of thioether (sulfide) groups is 1. The summed E-state index contributed by atoms with van der Waals surface area (Å²) >= 11 is 7.10. The molecule has 0 aromatic heterocycles. The quantitative estimate of drug-likeness (QED) is 0.615. The van der Waals surface area contributed by atoms with E-state index >= 15 is 0 Å². The van der Waals surface area contributed by atoms with Crippen LogP contribution in [0.15, 0.2) is 34.7 Å². The molecule has 1 nitrogen and oxygen atoms in total. The Kier molecular flexibility index (Phi) is 4.19. The monoisotopic (exact) mass is 213 g/mol. The standard InChI is InChI=1S/C10H12ClNS/c1-8-4-2-5-9(10(8)12)13-7-3-6-11/h2-6H,7,12H2,1H3. The first-order chi connectivity index (χ1) is 6.25. The number of aryl methyl sites for hydroxylation is 1. The highest BCUT2D eigenvalue weighted by Gasteiger charge is 1.99. The predicted molar refractivity (Wildman–Crippen MR) is 61.3 cm³/mol. The van der Waals surface area contributed by atoms with Crippen LogP contribution in [0.1, 0.15) is 5.56 Å². The third-order valence-electron chi connectivity index (χ3n) is 1.71. The van der Waals surface area contributed by atoms with Crippen molar-refractivity contribution in [3.8, 4) is 0 Å². The molecule has 0 radical (unpaired) electrons. The van der Waals surface area contributed by atoms with Crippen LogP contribution in [-0.2, 0) is 0 Å². The fourth-order valence-electron chi connectivity index (χ4n) is 0.954. The second-order valence-electron chi connectivity index (χ2n) is 2.66. The van der Waals surface area contributed by atoms with E-state index in [1.165, 1.54) is 5.54 Å². The number of hydrogen-bond acceptors (Lipinski definition) is 2. The fourth-order valence-corrected chi connectivity index (χ4v) is 2.01. The lowest BCUT2D eigenvalue weighted by atomic mass is 10.2. The van der Waals surface area contributed by atoms with E-state index in [-0.39, 0.29) is 0 Å². The number of rotatable bonds is 3. The lowest BCUT2D eigenvalue weighted by molar-refractivity contribution is 1.37. The molecular formula is C10H12ClNS. The van der Waals surface area contributed by atoms with E-state index in [2.05, 4.69) is 0 Å². The van der Waals surface area contributed by atoms with Crippen molar-refractivity contribution in [2.45, 2.75) is 11.8 Å². The van der Waals surface area contributed by atoms with Crippen LogP contribution in [0.25, 0.3) is 0 Å². The average molecular weight is 214 g/mol. The lowest BCUT2D eigenvalue weighted by Crippen LogP contribution is -1.91. The molecule has 0 aliphatic carbocycles. The molecule has 0 bridgehead atoms. The normalized spacial score (nSPS) is 10.9. The summed E-state index contributed by atoms with van der Waals surface area (Å²) in [5.74, 6) is 0.858. The van der Waals surface area contributed by atoms with Crippen LogP contribution in [0.3, 0.4) is 0 Å². The van der Waals surface area contributed by atoms with Gasteiger partial charge in [0.15, 0.2) is 0 Å². The zero-order valence-corrected chi connectivity index (χ0v) is 9.03. The zero-order valence-electron chi connectivity index (χ0n) is 7.46. The molecule has 0 atom stereocenters. The van der Waals surface area contributed by atoms with Gasteiger partial charge in [-0.1, -0.05) is 29.8 Å². The van der Waals surface area contributed by atoms with E-state index in [1.807, 2.05) is 31.2 Å². The molecular weight excluding hydrogens is 202 g/mol. The van der Waals surface area contributed by atoms with Crippen molar-refractivity contribution in [2.75, 3.05) is 11.5 Å². The SMILES string of the molecule is Cc1cccc(SCC=CCl)c1N. The molecule has 1 aromatic rings. The first-order valence-corrected chi connectivity index (χ1v) is 5.41. The van der Waals surface area contributed by atoms with Crippen molar-refractivity contribution in [3.05, 3.63) is 35.4 Å². The summed E-state index contributed by atoms with van der Waals surface area (Å²) in [5.41, 5.74) is 9.41. The summed E-state index contributed by atoms with van der Waals surface area (Å²) < 4.78 is 0. The molecule has 3 heteroatoms. The Morgan fingerprint density at radius 2 is 2.31 bits per heavy atom. The van der Waals surface area contributed by atoms with E-state index in [0.29, 0.717) is 0 Å². The Balaban J connectivity index is 2.71. The second-order valence-corrected chi connectivity index (χ2v) is 3.97. The van der Waals surface area contributed by atoms with Gasteiger partial charge in [-0.05, 0) is 18.6 Å². The van der Waals surface area contributed by atoms with Crippen LogP contribution < -0.4 is 5.73 Å². The molecule has 70 valence electrons. The predicted octanol–water partition coefficient (Wildman–Crippen LogP) is 3.42. The van der Waals surface area contributed by atoms with E-state index in [9.17, 15) is 0 Å². The van der Waals surface area contributed by atoms with E-state index in [1.54, 1.807) is 11.8 Å². The highest BCUT2D eigenvalue weighted by atomic mass is 35.5. The molecule has 1 rings (SSSR count). The van der Waals surface area contributed by atoms with Gasteiger partial charge in [-0.3, -0.25) is 0 Å². The molecule has 0 unspecified atom stereocenters. The molecule has 0 aliphatic rings. The van der Waals surface area contributed by atoms with Gasteiger partial charge < -0.3 is 5.73 Å². The molecule has 0 saturated heterocycles. The minimum Gasteiger partial charge on any atom is -0.398 e. The van der Waals surface area contributed by atoms with E-state index < -0.39 is 0 Å². The van der Waals surface area contributed by atoms with Crippen molar-refractivity contribution in [2.24, 2.45) is 0 Å². The van der Waals surface area contributed by atoms with Crippen molar-refractivity contribution in [3.63, 3.8) is 0 Å². The highest BCUT2D eigenvalue weighted by molar-refractivity contribution is 7.99. The van der Waals surface area contributed by atoms with Crippen molar-refractivity contribution < 1.29 is 0 Å². The number of anilines is 1. The molecule has 0 aliphatic heterocycles. The summed E-state index contributed by atoms with van der Waals surface area (Å²) in [6.45, 7) is 2.01. The topological polar surface area (TPSA) is 26.0 Å². The van der Waals surface area contributed by atoms with Crippen LogP contribution in [0, 0.1) is 6.92 Å². The van der Waals surface area contributed by atoms with E-state index in [0.717, 1.165) is 21.9 Å². The maximum Gasteiger partial charge on any atom is 0.0482 e. The molecule has 0 heterocycles. The fraction of sp³-hybridized carbons (Fsp3) is 0.200. The summed E-state index contributed by atoms with van der Waals surface area (Å²) in [4.78, 5) is 1.12. The first kappa shape index (κ1) is 10.5. The number of hydrogen-bond donors (Lipinski definition) is 1. The second kappa shape index (κ2) is 5.20. The van der Waals surface area contributed by atoms with E-state index in [4.69, 9.17) is 17.3 Å². The van der Waals surface area contributed by atoms with Crippen molar-refractivity contribution in [1.82, 2.24) is 0 Å². The number of benzene rings is 1. The van der Waals surface area contributed by atoms with Crippen LogP contribution in [0.2, 0.25) is 0 Å². The third kappa shape index (κ3) is 2.98. The van der Waals surface area contributed by atoms with Crippen LogP contribution in [0.5, 0.6) is 0 Å². The highest BCUT2D eigenvalue weighted by Crippen LogP contribution is 2.27. The van der Waals surface area contributed by atoms with Gasteiger partial charge in [-0.15, -0.1) is 11.8 Å². The number of para-hydroxylation sites is 1. The van der Waals surface area contributed by atoms with Crippen LogP contribution >= 0.6 is 23.4 Å². The molecule has 0 spiro atoms. The minimum atomic E-state index is 0.858. The summed E-state index contributed by atoms with van der Waals surface area (Å²) in [5, 5.41) is 0. The van der Waals surface area contributed by atoms with Gasteiger partial charge >= 0.3 is 0 Å². The molecule has 1 aromatic carbocycles. The van der Waals surface area contributed by atoms with Crippen LogP contribution in [0.4, 0.5) is 5.69 Å². The van der Waals surface area contributed by atoms with Gasteiger partial charge in [0.05, 0.1) is 0 Å². The third-order valence-corrected chi connectivity index (χ3v) is 2.91. The molecule has 13 heavy (non-hydrogen) atoms. The molecule has 0 amide bonds. The van der Waals surface area contributed by atoms with Gasteiger partial charge in [0.25, 0.3) is 0 Å². The molecule has 0 saturated carbocycles. The van der Waals surface area contributed by atoms with Crippen molar-refractivity contribution >= 4 is 29.1 Å². The van der Waals surface area contributed by atoms with Crippen LogP contribution in [-0.4, -0.2) is 5.75 Å². The van der Waals surface area contributed by atoms with Gasteiger partial charge in [0.2, 0.25) is 0 Å². The average Bonchev–Trinajstić information content (AvgIpc) is 2.13. The Labute approximate surface area is 88.0 Å². The number of halogens is 1. The zero-order chi connectivity index (χ0) is 9.68. The Morgan fingerprint density at radius 1 is 1.54 bits per heavy atom. The van der Waals surface area contributed by atoms with Crippen molar-refractivity contribution in [1.29, 1.82) is 0 Å². The van der Waals surface area contributed by atoms with Gasteiger partial charge in [-0.25, -0.2) is 0 Å². The summed E-state index contributed by atoms with van der Waals surface area (Å²) in [7, 11) is 0. The summed E-state index contributed by atoms with van der Waals surface area (Å²) in [6, 6.07) is 6.05. The Bertz CT molecular complexity index is 310. The lowest BCUT2D eigenvalue weighted by Gasteiger charge is -2.05. The van der Waals surface area contributed by atoms with Gasteiger partial charge in [0, 0.05) is 21.9 Å². The summed E-state index contributed by atoms with van der Waals surface area (Å²) in [6.07, 6.45) is 1.90. The first-order valence-electron chi connectivity index (χ1n) is 3.99. The van der Waals surface area contributed by atoms with Gasteiger partial charge in [0.1, 0.15) is 0 Å².